The van der Waals surface area contributed by atoms with Gasteiger partial charge in [0.15, 0.2) is 11.5 Å². The Hall–Kier alpha value is -1.70. The predicted molar refractivity (Wildman–Crippen MR) is 81.1 cm³/mol. The van der Waals surface area contributed by atoms with Crippen molar-refractivity contribution in [1.82, 2.24) is 0 Å². The predicted octanol–water partition coefficient (Wildman–Crippen LogP) is 4.51. The van der Waals surface area contributed by atoms with Crippen LogP contribution in [0, 0.1) is 11.8 Å². The number of allylic oxidation sites excluding steroid dienone is 3. The molecule has 0 fully saturated rings. The van der Waals surface area contributed by atoms with Gasteiger partial charge in [0.1, 0.15) is 0 Å². The zero-order valence-corrected chi connectivity index (χ0v) is 12.3. The molecule has 0 N–H and O–H groups in total. The van der Waals surface area contributed by atoms with Gasteiger partial charge in [-0.2, -0.15) is 0 Å². The van der Waals surface area contributed by atoms with Gasteiger partial charge in [-0.1, -0.05) is 29.9 Å². The molecule has 0 saturated heterocycles. The first-order valence-corrected chi connectivity index (χ1v) is 7.34. The topological polar surface area (TPSA) is 18.5 Å². The number of hydrogen-bond donors (Lipinski definition) is 0. The SMILES string of the molecule is C=C(C)C1CC=C(C)C(Cc2ccc3c(c2)OCO3)C1. The third-order valence-corrected chi connectivity index (χ3v) is 4.55. The lowest BCUT2D eigenvalue weighted by Crippen LogP contribution is -2.17. The van der Waals surface area contributed by atoms with E-state index < -0.39 is 0 Å². The Balaban J connectivity index is 1.75. The van der Waals surface area contributed by atoms with E-state index in [2.05, 4.69) is 38.6 Å². The Morgan fingerprint density at radius 2 is 2.10 bits per heavy atom. The van der Waals surface area contributed by atoms with Crippen molar-refractivity contribution in [2.24, 2.45) is 11.8 Å². The van der Waals surface area contributed by atoms with E-state index in [9.17, 15) is 0 Å². The second-order valence-corrected chi connectivity index (χ2v) is 6.05. The van der Waals surface area contributed by atoms with Gasteiger partial charge in [-0.3, -0.25) is 0 Å². The summed E-state index contributed by atoms with van der Waals surface area (Å²) in [4.78, 5) is 0. The quantitative estimate of drug-likeness (QED) is 0.752. The Morgan fingerprint density at radius 1 is 1.30 bits per heavy atom. The van der Waals surface area contributed by atoms with Gasteiger partial charge in [-0.25, -0.2) is 0 Å². The highest BCUT2D eigenvalue weighted by Gasteiger charge is 2.23. The lowest BCUT2D eigenvalue weighted by atomic mass is 9.76. The van der Waals surface area contributed by atoms with E-state index in [4.69, 9.17) is 9.47 Å². The van der Waals surface area contributed by atoms with Gasteiger partial charge < -0.3 is 9.47 Å². The number of ether oxygens (including phenoxy) is 2. The lowest BCUT2D eigenvalue weighted by Gasteiger charge is -2.29. The Kier molecular flexibility index (Phi) is 3.56. The maximum atomic E-state index is 5.46. The van der Waals surface area contributed by atoms with Crippen LogP contribution in [0.3, 0.4) is 0 Å². The maximum Gasteiger partial charge on any atom is 0.231 e. The zero-order chi connectivity index (χ0) is 14.1. The molecule has 2 nitrogen and oxygen atoms in total. The fourth-order valence-corrected chi connectivity index (χ4v) is 3.12. The molecule has 0 bridgehead atoms. The summed E-state index contributed by atoms with van der Waals surface area (Å²) >= 11 is 0. The first-order valence-electron chi connectivity index (χ1n) is 7.34. The average Bonchev–Trinajstić information content (AvgIpc) is 2.88. The van der Waals surface area contributed by atoms with Crippen molar-refractivity contribution in [3.8, 4) is 11.5 Å². The van der Waals surface area contributed by atoms with Crippen molar-refractivity contribution >= 4 is 0 Å². The van der Waals surface area contributed by atoms with E-state index in [0.29, 0.717) is 18.6 Å². The van der Waals surface area contributed by atoms with Crippen LogP contribution in [-0.4, -0.2) is 6.79 Å². The van der Waals surface area contributed by atoms with Crippen molar-refractivity contribution in [3.05, 3.63) is 47.6 Å². The number of benzene rings is 1. The molecule has 0 radical (unpaired) electrons. The van der Waals surface area contributed by atoms with Gasteiger partial charge in [0.25, 0.3) is 0 Å². The van der Waals surface area contributed by atoms with E-state index in [1.54, 1.807) is 0 Å². The number of fused-ring (bicyclic) bond motifs is 1. The molecule has 2 aliphatic rings. The van der Waals surface area contributed by atoms with Crippen LogP contribution in [0.4, 0.5) is 0 Å². The third-order valence-electron chi connectivity index (χ3n) is 4.55. The fourth-order valence-electron chi connectivity index (χ4n) is 3.12. The molecule has 0 spiro atoms. The third kappa shape index (κ3) is 2.60. The first kappa shape index (κ1) is 13.3. The fraction of sp³-hybridized carbons (Fsp3) is 0.444. The summed E-state index contributed by atoms with van der Waals surface area (Å²) < 4.78 is 10.8. The molecule has 20 heavy (non-hydrogen) atoms. The monoisotopic (exact) mass is 270 g/mol. The molecule has 1 aliphatic carbocycles. The average molecular weight is 270 g/mol. The Morgan fingerprint density at radius 3 is 2.90 bits per heavy atom. The van der Waals surface area contributed by atoms with Crippen LogP contribution in [0.1, 0.15) is 32.3 Å². The first-order chi connectivity index (χ1) is 9.63. The zero-order valence-electron chi connectivity index (χ0n) is 12.3. The van der Waals surface area contributed by atoms with Crippen LogP contribution in [-0.2, 0) is 6.42 Å². The molecule has 106 valence electrons. The van der Waals surface area contributed by atoms with E-state index in [-0.39, 0.29) is 0 Å². The molecular weight excluding hydrogens is 248 g/mol. The van der Waals surface area contributed by atoms with Crippen LogP contribution in [0.25, 0.3) is 0 Å². The minimum Gasteiger partial charge on any atom is -0.454 e. The van der Waals surface area contributed by atoms with E-state index >= 15 is 0 Å². The van der Waals surface area contributed by atoms with Crippen LogP contribution < -0.4 is 9.47 Å². The maximum absolute atomic E-state index is 5.46. The normalized spacial score (nSPS) is 24.4. The molecule has 1 aliphatic heterocycles. The van der Waals surface area contributed by atoms with E-state index in [0.717, 1.165) is 24.3 Å². The highest BCUT2D eigenvalue weighted by Crippen LogP contribution is 2.37. The lowest BCUT2D eigenvalue weighted by molar-refractivity contribution is 0.174. The highest BCUT2D eigenvalue weighted by molar-refractivity contribution is 5.44. The van der Waals surface area contributed by atoms with Crippen LogP contribution >= 0.6 is 0 Å². The van der Waals surface area contributed by atoms with Gasteiger partial charge in [0, 0.05) is 0 Å². The van der Waals surface area contributed by atoms with Crippen molar-refractivity contribution in [1.29, 1.82) is 0 Å². The molecule has 2 unspecified atom stereocenters. The second-order valence-electron chi connectivity index (χ2n) is 6.05. The molecule has 1 aromatic rings. The Labute approximate surface area is 121 Å². The molecule has 0 saturated carbocycles. The largest absolute Gasteiger partial charge is 0.454 e. The summed E-state index contributed by atoms with van der Waals surface area (Å²) in [5.74, 6) is 3.00. The summed E-state index contributed by atoms with van der Waals surface area (Å²) in [7, 11) is 0. The molecule has 1 heterocycles. The molecule has 2 atom stereocenters. The van der Waals surface area contributed by atoms with Crippen molar-refractivity contribution in [3.63, 3.8) is 0 Å². The van der Waals surface area contributed by atoms with Gasteiger partial charge in [0.05, 0.1) is 0 Å². The standard InChI is InChI=1S/C18H22O2/c1-12(2)15-6-4-13(3)16(10-15)8-14-5-7-17-18(9-14)20-11-19-17/h4-5,7,9,15-16H,1,6,8,10-11H2,2-3H3. The summed E-state index contributed by atoms with van der Waals surface area (Å²) in [5, 5.41) is 0. The summed E-state index contributed by atoms with van der Waals surface area (Å²) in [5.41, 5.74) is 4.15. The van der Waals surface area contributed by atoms with Crippen molar-refractivity contribution < 1.29 is 9.47 Å². The molecular formula is C18H22O2. The summed E-state index contributed by atoms with van der Waals surface area (Å²) in [6, 6.07) is 6.31. The molecule has 0 aromatic heterocycles. The summed E-state index contributed by atoms with van der Waals surface area (Å²) in [6.45, 7) is 8.88. The van der Waals surface area contributed by atoms with Crippen LogP contribution in [0.5, 0.6) is 11.5 Å². The molecule has 3 rings (SSSR count). The van der Waals surface area contributed by atoms with E-state index in [1.807, 2.05) is 6.07 Å². The van der Waals surface area contributed by atoms with Gasteiger partial charge in [0.2, 0.25) is 6.79 Å². The minimum atomic E-state index is 0.346. The van der Waals surface area contributed by atoms with Gasteiger partial charge >= 0.3 is 0 Å². The highest BCUT2D eigenvalue weighted by atomic mass is 16.7. The molecule has 2 heteroatoms. The summed E-state index contributed by atoms with van der Waals surface area (Å²) in [6.07, 6.45) is 5.83. The smallest absolute Gasteiger partial charge is 0.231 e. The van der Waals surface area contributed by atoms with Crippen molar-refractivity contribution in [2.75, 3.05) is 6.79 Å². The second kappa shape index (κ2) is 5.35. The molecule has 1 aromatic carbocycles. The van der Waals surface area contributed by atoms with Gasteiger partial charge in [-0.05, 0) is 62.6 Å². The number of hydrogen-bond acceptors (Lipinski definition) is 2. The molecule has 0 amide bonds. The van der Waals surface area contributed by atoms with Gasteiger partial charge in [-0.15, -0.1) is 0 Å². The van der Waals surface area contributed by atoms with Crippen LogP contribution in [0.15, 0.2) is 42.0 Å². The van der Waals surface area contributed by atoms with Crippen molar-refractivity contribution in [2.45, 2.75) is 33.1 Å². The Bertz CT molecular complexity index is 557. The van der Waals surface area contributed by atoms with Crippen LogP contribution in [0.2, 0.25) is 0 Å². The number of rotatable bonds is 3. The van der Waals surface area contributed by atoms with E-state index in [1.165, 1.54) is 23.1 Å². The minimum absolute atomic E-state index is 0.346.